The summed E-state index contributed by atoms with van der Waals surface area (Å²) in [6.45, 7) is 11.9. The molecule has 1 N–H and O–H groups in total. The van der Waals surface area contributed by atoms with E-state index in [4.69, 9.17) is 14.5 Å². The Morgan fingerprint density at radius 3 is 2.41 bits per heavy atom. The molecule has 3 aliphatic rings. The highest BCUT2D eigenvalue weighted by Crippen LogP contribution is 2.32. The molecule has 32 heavy (non-hydrogen) atoms. The Morgan fingerprint density at radius 1 is 1.06 bits per heavy atom. The van der Waals surface area contributed by atoms with Crippen molar-refractivity contribution in [2.45, 2.75) is 38.1 Å². The number of rotatable bonds is 6. The Bertz CT molecular complexity index is 727. The highest BCUT2D eigenvalue weighted by Gasteiger charge is 2.39. The van der Waals surface area contributed by atoms with Gasteiger partial charge in [-0.05, 0) is 57.8 Å². The first-order valence-corrected chi connectivity index (χ1v) is 12.0. The van der Waals surface area contributed by atoms with Gasteiger partial charge in [0.25, 0.3) is 0 Å². The van der Waals surface area contributed by atoms with Crippen molar-refractivity contribution in [2.75, 3.05) is 77.6 Å². The van der Waals surface area contributed by atoms with Gasteiger partial charge in [0.2, 0.25) is 0 Å². The van der Waals surface area contributed by atoms with Crippen molar-refractivity contribution in [1.82, 2.24) is 15.1 Å². The summed E-state index contributed by atoms with van der Waals surface area (Å²) in [4.78, 5) is 12.7. The maximum absolute atomic E-state index is 5.71. The third-order valence-corrected chi connectivity index (χ3v) is 7.06. The Labute approximate surface area is 210 Å². The van der Waals surface area contributed by atoms with Crippen molar-refractivity contribution in [2.24, 2.45) is 4.99 Å². The number of methoxy groups -OCH3 is 1. The van der Waals surface area contributed by atoms with Gasteiger partial charge in [-0.1, -0.05) is 12.1 Å². The van der Waals surface area contributed by atoms with E-state index in [0.717, 1.165) is 77.0 Å². The zero-order valence-corrected chi connectivity index (χ0v) is 22.1. The summed E-state index contributed by atoms with van der Waals surface area (Å²) in [5, 5.41) is 3.56. The van der Waals surface area contributed by atoms with Crippen LogP contribution in [0.15, 0.2) is 29.3 Å². The Hall–Kier alpha value is -1.26. The molecule has 1 aromatic carbocycles. The molecule has 3 heterocycles. The normalized spacial score (nSPS) is 21.9. The van der Waals surface area contributed by atoms with Crippen LogP contribution in [-0.2, 0) is 4.74 Å². The van der Waals surface area contributed by atoms with E-state index in [2.05, 4.69) is 39.1 Å². The van der Waals surface area contributed by atoms with Crippen LogP contribution in [0.5, 0.6) is 5.75 Å². The lowest BCUT2D eigenvalue weighted by Gasteiger charge is -2.44. The smallest absolute Gasteiger partial charge is 0.194 e. The van der Waals surface area contributed by atoms with Gasteiger partial charge in [0.15, 0.2) is 5.96 Å². The molecule has 0 amide bonds. The van der Waals surface area contributed by atoms with E-state index in [-0.39, 0.29) is 29.5 Å². The minimum Gasteiger partial charge on any atom is -0.495 e. The highest BCUT2D eigenvalue weighted by atomic mass is 127. The predicted molar refractivity (Wildman–Crippen MR) is 142 cm³/mol. The van der Waals surface area contributed by atoms with Gasteiger partial charge in [-0.3, -0.25) is 9.89 Å². The molecule has 0 aliphatic carbocycles. The number of anilines is 1. The lowest BCUT2D eigenvalue weighted by atomic mass is 9.88. The topological polar surface area (TPSA) is 52.6 Å². The van der Waals surface area contributed by atoms with Crippen LogP contribution in [0.1, 0.15) is 32.6 Å². The number of likely N-dealkylation sites (tertiary alicyclic amines) is 1. The first-order valence-electron chi connectivity index (χ1n) is 12.0. The van der Waals surface area contributed by atoms with E-state index in [9.17, 15) is 0 Å². The van der Waals surface area contributed by atoms with Crippen molar-refractivity contribution >= 4 is 35.6 Å². The number of halogens is 1. The largest absolute Gasteiger partial charge is 0.495 e. The summed E-state index contributed by atoms with van der Waals surface area (Å²) in [5.74, 6) is 2.01. The fourth-order valence-corrected chi connectivity index (χ4v) is 5.22. The molecule has 0 radical (unpaired) electrons. The molecule has 180 valence electrons. The summed E-state index contributed by atoms with van der Waals surface area (Å²) >= 11 is 0. The molecule has 3 aliphatic heterocycles. The van der Waals surface area contributed by atoms with Crippen LogP contribution in [-0.4, -0.2) is 94.0 Å². The lowest BCUT2D eigenvalue weighted by molar-refractivity contribution is -0.0139. The summed E-state index contributed by atoms with van der Waals surface area (Å²) in [5.41, 5.74) is 1.36. The average molecular weight is 558 g/mol. The number of aliphatic imine (C=N–C) groups is 1. The van der Waals surface area contributed by atoms with Crippen molar-refractivity contribution in [3.05, 3.63) is 24.3 Å². The molecule has 0 unspecified atom stereocenters. The number of para-hydroxylation sites is 2. The first-order chi connectivity index (χ1) is 15.3. The minimum absolute atomic E-state index is 0. The second kappa shape index (κ2) is 12.3. The van der Waals surface area contributed by atoms with Gasteiger partial charge in [-0.2, -0.15) is 0 Å². The molecule has 1 aromatic rings. The summed E-state index contributed by atoms with van der Waals surface area (Å²) < 4.78 is 11.3. The molecular weight excluding hydrogens is 517 g/mol. The molecule has 3 fully saturated rings. The first kappa shape index (κ1) is 25.4. The fourth-order valence-electron chi connectivity index (χ4n) is 5.22. The molecular formula is C24H40IN5O2. The number of hydrogen-bond donors (Lipinski definition) is 1. The quantitative estimate of drug-likeness (QED) is 0.330. The SMILES string of the molecule is CCNC(=NCC1(N2CCCC2)CCOCC1)N1CCN(c2ccccc2OC)CC1.I. The molecule has 0 saturated carbocycles. The highest BCUT2D eigenvalue weighted by molar-refractivity contribution is 14.0. The molecule has 0 spiro atoms. The van der Waals surface area contributed by atoms with Gasteiger partial charge in [-0.15, -0.1) is 24.0 Å². The van der Waals surface area contributed by atoms with Gasteiger partial charge in [0.1, 0.15) is 5.75 Å². The lowest BCUT2D eigenvalue weighted by Crippen LogP contribution is -2.55. The molecule has 0 atom stereocenters. The van der Waals surface area contributed by atoms with E-state index >= 15 is 0 Å². The Kier molecular flexibility index (Phi) is 9.73. The fraction of sp³-hybridized carbons (Fsp3) is 0.708. The predicted octanol–water partition coefficient (Wildman–Crippen LogP) is 3.05. The van der Waals surface area contributed by atoms with Crippen molar-refractivity contribution < 1.29 is 9.47 Å². The van der Waals surface area contributed by atoms with E-state index < -0.39 is 0 Å². The van der Waals surface area contributed by atoms with Gasteiger partial charge < -0.3 is 24.6 Å². The summed E-state index contributed by atoms with van der Waals surface area (Å²) in [6.07, 6.45) is 4.82. The number of piperazine rings is 1. The molecule has 8 heteroatoms. The zero-order chi connectivity index (χ0) is 21.5. The van der Waals surface area contributed by atoms with Crippen LogP contribution in [0.3, 0.4) is 0 Å². The third kappa shape index (κ3) is 5.80. The Balaban J connectivity index is 0.00000289. The molecule has 4 rings (SSSR count). The molecule has 0 bridgehead atoms. The van der Waals surface area contributed by atoms with Crippen LogP contribution in [0.4, 0.5) is 5.69 Å². The van der Waals surface area contributed by atoms with Crippen molar-refractivity contribution in [1.29, 1.82) is 0 Å². The second-order valence-corrected chi connectivity index (χ2v) is 8.85. The van der Waals surface area contributed by atoms with Gasteiger partial charge in [-0.25, -0.2) is 0 Å². The molecule has 3 saturated heterocycles. The minimum atomic E-state index is 0. The maximum Gasteiger partial charge on any atom is 0.194 e. The van der Waals surface area contributed by atoms with Gasteiger partial charge in [0.05, 0.1) is 19.3 Å². The van der Waals surface area contributed by atoms with Crippen LogP contribution in [0.25, 0.3) is 0 Å². The number of guanidine groups is 1. The van der Waals surface area contributed by atoms with Crippen LogP contribution < -0.4 is 15.0 Å². The van der Waals surface area contributed by atoms with Crippen LogP contribution in [0.2, 0.25) is 0 Å². The number of ether oxygens (including phenoxy) is 2. The standard InChI is InChI=1S/C24H39N5O2.HI/c1-3-25-23(26-20-24(10-18-31-19-11-24)29-12-6-7-13-29)28-16-14-27(15-17-28)21-8-4-5-9-22(21)30-2;/h4-5,8-9H,3,6-7,10-20H2,1-2H3,(H,25,26);1H. The number of nitrogens with one attached hydrogen (secondary N) is 1. The monoisotopic (exact) mass is 557 g/mol. The van der Waals surface area contributed by atoms with Crippen molar-refractivity contribution in [3.63, 3.8) is 0 Å². The molecule has 7 nitrogen and oxygen atoms in total. The molecule has 0 aromatic heterocycles. The van der Waals surface area contributed by atoms with Crippen LogP contribution >= 0.6 is 24.0 Å². The second-order valence-electron chi connectivity index (χ2n) is 8.85. The maximum atomic E-state index is 5.71. The number of nitrogens with zero attached hydrogens (tertiary/aromatic N) is 4. The van der Waals surface area contributed by atoms with E-state index in [1.165, 1.54) is 31.6 Å². The average Bonchev–Trinajstić information content (AvgIpc) is 3.38. The number of benzene rings is 1. The number of hydrogen-bond acceptors (Lipinski definition) is 5. The van der Waals surface area contributed by atoms with E-state index in [0.29, 0.717) is 0 Å². The van der Waals surface area contributed by atoms with E-state index in [1.54, 1.807) is 7.11 Å². The van der Waals surface area contributed by atoms with E-state index in [1.807, 2.05) is 12.1 Å². The van der Waals surface area contributed by atoms with Gasteiger partial charge >= 0.3 is 0 Å². The summed E-state index contributed by atoms with van der Waals surface area (Å²) in [7, 11) is 1.75. The third-order valence-electron chi connectivity index (χ3n) is 7.06. The van der Waals surface area contributed by atoms with Crippen LogP contribution in [0, 0.1) is 0 Å². The summed E-state index contributed by atoms with van der Waals surface area (Å²) in [6, 6.07) is 8.31. The zero-order valence-electron chi connectivity index (χ0n) is 19.7. The van der Waals surface area contributed by atoms with Crippen molar-refractivity contribution in [3.8, 4) is 5.75 Å². The Morgan fingerprint density at radius 2 is 1.75 bits per heavy atom. The van der Waals surface area contributed by atoms with Gasteiger partial charge in [0, 0.05) is 51.5 Å².